The Bertz CT molecular complexity index is 474. The number of carbonyl (C=O) groups excluding carboxylic acids is 2. The summed E-state index contributed by atoms with van der Waals surface area (Å²) in [7, 11) is 0. The molecule has 4 heteroatoms. The van der Waals surface area contributed by atoms with E-state index in [1.165, 1.54) is 11.9 Å². The van der Waals surface area contributed by atoms with Crippen molar-refractivity contribution in [3.8, 4) is 0 Å². The highest BCUT2D eigenvalue weighted by atomic mass is 16.2. The minimum Gasteiger partial charge on any atom is -0.293 e. The number of Topliss-reactive ketones (excluding diaryl/α,β-unsaturated/α-hetero) is 1. The Morgan fingerprint density at radius 1 is 1.31 bits per heavy atom. The van der Waals surface area contributed by atoms with Gasteiger partial charge < -0.3 is 0 Å². The molecule has 0 radical (unpaired) electrons. The minimum absolute atomic E-state index is 0.100. The first-order chi connectivity index (χ1) is 7.58. The van der Waals surface area contributed by atoms with Gasteiger partial charge in [-0.1, -0.05) is 17.7 Å². The first-order valence-electron chi connectivity index (χ1n) is 5.06. The van der Waals surface area contributed by atoms with Crippen LogP contribution in [-0.4, -0.2) is 17.4 Å². The first kappa shape index (κ1) is 10.5. The zero-order valence-corrected chi connectivity index (χ0v) is 9.23. The lowest BCUT2D eigenvalue weighted by Crippen LogP contribution is -2.19. The third kappa shape index (κ3) is 1.86. The van der Waals surface area contributed by atoms with Crippen molar-refractivity contribution < 1.29 is 9.59 Å². The van der Waals surface area contributed by atoms with Crippen LogP contribution in [0.3, 0.4) is 0 Å². The van der Waals surface area contributed by atoms with Crippen LogP contribution in [0.25, 0.3) is 0 Å². The third-order valence-electron chi connectivity index (χ3n) is 2.46. The maximum Gasteiger partial charge on any atom is 0.253 e. The molecule has 0 bridgehead atoms. The van der Waals surface area contributed by atoms with Gasteiger partial charge in [0, 0.05) is 6.92 Å². The van der Waals surface area contributed by atoms with Crippen molar-refractivity contribution in [1.29, 1.82) is 0 Å². The van der Waals surface area contributed by atoms with E-state index in [2.05, 4.69) is 5.10 Å². The molecule has 2 rings (SSSR count). The van der Waals surface area contributed by atoms with Gasteiger partial charge in [-0.15, -0.1) is 0 Å². The van der Waals surface area contributed by atoms with Crippen LogP contribution in [0, 0.1) is 6.92 Å². The second kappa shape index (κ2) is 3.89. The van der Waals surface area contributed by atoms with Gasteiger partial charge in [0.25, 0.3) is 5.91 Å². The third-order valence-corrected chi connectivity index (χ3v) is 2.46. The van der Waals surface area contributed by atoms with Gasteiger partial charge in [0.15, 0.2) is 5.78 Å². The normalized spacial score (nSPS) is 15.2. The lowest BCUT2D eigenvalue weighted by atomic mass is 10.2. The summed E-state index contributed by atoms with van der Waals surface area (Å²) < 4.78 is 0. The lowest BCUT2D eigenvalue weighted by Gasteiger charge is -2.11. The molecule has 0 fully saturated rings. The molecule has 1 heterocycles. The van der Waals surface area contributed by atoms with Gasteiger partial charge in [-0.05, 0) is 19.1 Å². The summed E-state index contributed by atoms with van der Waals surface area (Å²) in [4.78, 5) is 22.7. The molecule has 82 valence electrons. The number of anilines is 1. The number of amides is 1. The molecule has 0 saturated carbocycles. The van der Waals surface area contributed by atoms with Gasteiger partial charge in [-0.2, -0.15) is 5.10 Å². The predicted molar refractivity (Wildman–Crippen MR) is 61.4 cm³/mol. The second-order valence-electron chi connectivity index (χ2n) is 3.82. The summed E-state index contributed by atoms with van der Waals surface area (Å²) in [5.41, 5.74) is 2.14. The zero-order chi connectivity index (χ0) is 11.7. The Kier molecular flexibility index (Phi) is 2.56. The van der Waals surface area contributed by atoms with Crippen LogP contribution in [0.4, 0.5) is 5.69 Å². The molecule has 0 atom stereocenters. The van der Waals surface area contributed by atoms with E-state index in [-0.39, 0.29) is 18.1 Å². The van der Waals surface area contributed by atoms with Crippen molar-refractivity contribution in [1.82, 2.24) is 0 Å². The summed E-state index contributed by atoms with van der Waals surface area (Å²) in [6.45, 7) is 3.39. The van der Waals surface area contributed by atoms with Crippen molar-refractivity contribution in [2.24, 2.45) is 5.10 Å². The van der Waals surface area contributed by atoms with Crippen LogP contribution >= 0.6 is 0 Å². The number of rotatable bonds is 2. The molecule has 1 aliphatic rings. The van der Waals surface area contributed by atoms with E-state index in [9.17, 15) is 9.59 Å². The van der Waals surface area contributed by atoms with Gasteiger partial charge in [0.05, 0.1) is 12.1 Å². The number of hydrogen-bond acceptors (Lipinski definition) is 3. The highest BCUT2D eigenvalue weighted by molar-refractivity contribution is 6.44. The summed E-state index contributed by atoms with van der Waals surface area (Å²) in [6.07, 6.45) is 0.100. The van der Waals surface area contributed by atoms with Gasteiger partial charge >= 0.3 is 0 Å². The molecule has 4 nitrogen and oxygen atoms in total. The standard InChI is InChI=1S/C12H12N2O2/c1-8-3-5-10(6-4-8)14-12(16)7-11(13-14)9(2)15/h3-6H,7H2,1-2H3. The van der Waals surface area contributed by atoms with E-state index in [1.54, 1.807) is 0 Å². The van der Waals surface area contributed by atoms with E-state index in [0.29, 0.717) is 11.4 Å². The van der Waals surface area contributed by atoms with Crippen LogP contribution in [0.15, 0.2) is 29.4 Å². The van der Waals surface area contributed by atoms with E-state index < -0.39 is 0 Å². The highest BCUT2D eigenvalue weighted by Gasteiger charge is 2.27. The maximum absolute atomic E-state index is 11.6. The number of carbonyl (C=O) groups is 2. The molecular weight excluding hydrogens is 204 g/mol. The molecule has 1 aromatic rings. The number of hydrazone groups is 1. The lowest BCUT2D eigenvalue weighted by molar-refractivity contribution is -0.117. The Balaban J connectivity index is 2.31. The Labute approximate surface area is 93.6 Å². The summed E-state index contributed by atoms with van der Waals surface area (Å²) in [5.74, 6) is -0.308. The van der Waals surface area contributed by atoms with Gasteiger partial charge in [0.2, 0.25) is 0 Å². The molecule has 0 aliphatic carbocycles. The van der Waals surface area contributed by atoms with E-state index in [4.69, 9.17) is 0 Å². The second-order valence-corrected chi connectivity index (χ2v) is 3.82. The van der Waals surface area contributed by atoms with Crippen molar-refractivity contribution in [3.63, 3.8) is 0 Å². The van der Waals surface area contributed by atoms with E-state index >= 15 is 0 Å². The minimum atomic E-state index is -0.158. The van der Waals surface area contributed by atoms with Crippen LogP contribution in [0.5, 0.6) is 0 Å². The SMILES string of the molecule is CC(=O)C1=NN(c2ccc(C)cc2)C(=O)C1. The molecule has 0 spiro atoms. The Hall–Kier alpha value is -1.97. The fourth-order valence-electron chi connectivity index (χ4n) is 1.51. The van der Waals surface area contributed by atoms with Crippen LogP contribution in [0.1, 0.15) is 18.9 Å². The molecule has 1 aromatic carbocycles. The van der Waals surface area contributed by atoms with E-state index in [1.807, 2.05) is 31.2 Å². The molecule has 16 heavy (non-hydrogen) atoms. The Morgan fingerprint density at radius 3 is 2.44 bits per heavy atom. The monoisotopic (exact) mass is 216 g/mol. The molecule has 0 unspecified atom stereocenters. The number of ketones is 1. The summed E-state index contributed by atoms with van der Waals surface area (Å²) in [5, 5.41) is 5.31. The fourth-order valence-corrected chi connectivity index (χ4v) is 1.51. The van der Waals surface area contributed by atoms with Crippen molar-refractivity contribution in [2.45, 2.75) is 20.3 Å². The van der Waals surface area contributed by atoms with Gasteiger partial charge in [-0.3, -0.25) is 9.59 Å². The summed E-state index contributed by atoms with van der Waals surface area (Å²) in [6, 6.07) is 7.45. The van der Waals surface area contributed by atoms with Crippen LogP contribution in [-0.2, 0) is 9.59 Å². The number of benzene rings is 1. The molecule has 0 N–H and O–H groups in total. The van der Waals surface area contributed by atoms with Crippen molar-refractivity contribution in [2.75, 3.05) is 5.01 Å². The zero-order valence-electron chi connectivity index (χ0n) is 9.23. The molecule has 1 amide bonds. The average Bonchev–Trinajstić information content (AvgIpc) is 2.62. The first-order valence-corrected chi connectivity index (χ1v) is 5.06. The Morgan fingerprint density at radius 2 is 1.94 bits per heavy atom. The smallest absolute Gasteiger partial charge is 0.253 e. The molecule has 0 aromatic heterocycles. The molecule has 0 saturated heterocycles. The quantitative estimate of drug-likeness (QED) is 0.755. The van der Waals surface area contributed by atoms with E-state index in [0.717, 1.165) is 5.56 Å². The van der Waals surface area contributed by atoms with Crippen molar-refractivity contribution >= 4 is 23.1 Å². The largest absolute Gasteiger partial charge is 0.293 e. The van der Waals surface area contributed by atoms with Crippen LogP contribution < -0.4 is 5.01 Å². The van der Waals surface area contributed by atoms with Gasteiger partial charge in [0.1, 0.15) is 5.71 Å². The maximum atomic E-state index is 11.6. The molecular formula is C12H12N2O2. The molecule has 1 aliphatic heterocycles. The number of nitrogens with zero attached hydrogens (tertiary/aromatic N) is 2. The average molecular weight is 216 g/mol. The van der Waals surface area contributed by atoms with Crippen LogP contribution in [0.2, 0.25) is 0 Å². The number of aryl methyl sites for hydroxylation is 1. The van der Waals surface area contributed by atoms with Crippen molar-refractivity contribution in [3.05, 3.63) is 29.8 Å². The summed E-state index contributed by atoms with van der Waals surface area (Å²) >= 11 is 0. The van der Waals surface area contributed by atoms with Gasteiger partial charge in [-0.25, -0.2) is 5.01 Å². The fraction of sp³-hybridized carbons (Fsp3) is 0.250. The topological polar surface area (TPSA) is 49.7 Å². The predicted octanol–water partition coefficient (Wildman–Crippen LogP) is 1.68. The number of hydrogen-bond donors (Lipinski definition) is 0. The highest BCUT2D eigenvalue weighted by Crippen LogP contribution is 2.20.